The van der Waals surface area contributed by atoms with Gasteiger partial charge in [-0.1, -0.05) is 11.6 Å². The van der Waals surface area contributed by atoms with Gasteiger partial charge in [0.2, 0.25) is 5.91 Å². The Hall–Kier alpha value is -1.10. The van der Waals surface area contributed by atoms with Gasteiger partial charge in [-0.2, -0.15) is 0 Å². The number of amides is 1. The van der Waals surface area contributed by atoms with Crippen molar-refractivity contribution >= 4 is 38.9 Å². The van der Waals surface area contributed by atoms with Gasteiger partial charge in [-0.25, -0.2) is 0 Å². The summed E-state index contributed by atoms with van der Waals surface area (Å²) in [7, 11) is 0. The zero-order chi connectivity index (χ0) is 15.0. The van der Waals surface area contributed by atoms with Crippen molar-refractivity contribution in [2.45, 2.75) is 32.2 Å². The summed E-state index contributed by atoms with van der Waals surface area (Å²) >= 11 is 7.75. The topological polar surface area (TPSA) is 46.3 Å². The van der Waals surface area contributed by atoms with Gasteiger partial charge in [0.15, 0.2) is 0 Å². The molecule has 0 saturated carbocycles. The summed E-state index contributed by atoms with van der Waals surface area (Å²) in [5.74, 6) is 0.211. The van der Waals surface area contributed by atoms with E-state index in [0.29, 0.717) is 6.42 Å². The number of nitrogens with two attached hydrogens (primary N) is 1. The smallest absolute Gasteiger partial charge is 0.227 e. The number of benzene rings is 1. The van der Waals surface area contributed by atoms with E-state index in [-0.39, 0.29) is 11.9 Å². The number of fused-ring (bicyclic) bond motifs is 1. The fourth-order valence-corrected chi connectivity index (χ4v) is 4.16. The molecule has 1 amide bonds. The van der Waals surface area contributed by atoms with Gasteiger partial charge in [-0.05, 0) is 48.9 Å². The predicted molar refractivity (Wildman–Crippen MR) is 89.1 cm³/mol. The zero-order valence-electron chi connectivity index (χ0n) is 12.1. The van der Waals surface area contributed by atoms with E-state index in [0.717, 1.165) is 41.2 Å². The van der Waals surface area contributed by atoms with Crippen molar-refractivity contribution in [3.63, 3.8) is 0 Å². The van der Waals surface area contributed by atoms with Crippen LogP contribution < -0.4 is 5.73 Å². The SMILES string of the molecule is Cc1c(CC(=O)N2CCC(N)CC2)sc2ccc(Cl)cc12. The monoisotopic (exact) mass is 322 g/mol. The van der Waals surface area contributed by atoms with Crippen LogP contribution in [0.1, 0.15) is 23.3 Å². The number of hydrogen-bond donors (Lipinski definition) is 1. The lowest BCUT2D eigenvalue weighted by Crippen LogP contribution is -2.43. The fourth-order valence-electron chi connectivity index (χ4n) is 2.81. The van der Waals surface area contributed by atoms with Gasteiger partial charge in [0.1, 0.15) is 0 Å². The van der Waals surface area contributed by atoms with E-state index in [4.69, 9.17) is 17.3 Å². The first-order chi connectivity index (χ1) is 10.0. The zero-order valence-corrected chi connectivity index (χ0v) is 13.6. The van der Waals surface area contributed by atoms with Crippen molar-refractivity contribution in [3.8, 4) is 0 Å². The summed E-state index contributed by atoms with van der Waals surface area (Å²) in [6.45, 7) is 3.65. The molecule has 1 aromatic heterocycles. The highest BCUT2D eigenvalue weighted by atomic mass is 35.5. The van der Waals surface area contributed by atoms with Gasteiger partial charge >= 0.3 is 0 Å². The number of halogens is 1. The third-order valence-corrected chi connectivity index (χ3v) is 5.71. The highest BCUT2D eigenvalue weighted by molar-refractivity contribution is 7.19. The lowest BCUT2D eigenvalue weighted by atomic mass is 10.1. The number of carbonyl (C=O) groups is 1. The van der Waals surface area contributed by atoms with E-state index in [2.05, 4.69) is 6.92 Å². The van der Waals surface area contributed by atoms with Crippen LogP contribution in [0.3, 0.4) is 0 Å². The summed E-state index contributed by atoms with van der Waals surface area (Å²) in [6, 6.07) is 6.17. The Morgan fingerprint density at radius 1 is 1.43 bits per heavy atom. The van der Waals surface area contributed by atoms with Crippen LogP contribution >= 0.6 is 22.9 Å². The minimum Gasteiger partial charge on any atom is -0.342 e. The van der Waals surface area contributed by atoms with Gasteiger partial charge in [0.05, 0.1) is 6.42 Å². The maximum absolute atomic E-state index is 12.4. The van der Waals surface area contributed by atoms with Gasteiger partial charge in [0, 0.05) is 33.7 Å². The maximum Gasteiger partial charge on any atom is 0.227 e. The minimum atomic E-state index is 0.211. The first kappa shape index (κ1) is 14.8. The Balaban J connectivity index is 1.78. The Labute approximate surface area is 133 Å². The number of carbonyl (C=O) groups excluding carboxylic acids is 1. The van der Waals surface area contributed by atoms with Crippen molar-refractivity contribution in [2.75, 3.05) is 13.1 Å². The largest absolute Gasteiger partial charge is 0.342 e. The molecule has 112 valence electrons. The average molecular weight is 323 g/mol. The Morgan fingerprint density at radius 3 is 2.86 bits per heavy atom. The first-order valence-corrected chi connectivity index (χ1v) is 8.45. The lowest BCUT2D eigenvalue weighted by molar-refractivity contribution is -0.131. The molecule has 3 nitrogen and oxygen atoms in total. The molecule has 2 aromatic rings. The van der Waals surface area contributed by atoms with E-state index in [9.17, 15) is 4.79 Å². The molecule has 5 heteroatoms. The molecule has 3 rings (SSSR count). The molecule has 21 heavy (non-hydrogen) atoms. The molecule has 0 spiro atoms. The lowest BCUT2D eigenvalue weighted by Gasteiger charge is -2.30. The van der Waals surface area contributed by atoms with Crippen molar-refractivity contribution in [3.05, 3.63) is 33.7 Å². The average Bonchev–Trinajstić information content (AvgIpc) is 2.76. The van der Waals surface area contributed by atoms with Crippen LogP contribution in [0, 0.1) is 6.92 Å². The molecule has 1 aliphatic rings. The third-order valence-electron chi connectivity index (χ3n) is 4.20. The van der Waals surface area contributed by atoms with Crippen LogP contribution in [-0.4, -0.2) is 29.9 Å². The summed E-state index contributed by atoms with van der Waals surface area (Å²) in [4.78, 5) is 15.5. The van der Waals surface area contributed by atoms with E-state index in [1.165, 1.54) is 10.3 Å². The van der Waals surface area contributed by atoms with Crippen LogP contribution in [0.5, 0.6) is 0 Å². The molecule has 1 fully saturated rings. The van der Waals surface area contributed by atoms with Crippen LogP contribution in [0.25, 0.3) is 10.1 Å². The Kier molecular flexibility index (Phi) is 4.20. The van der Waals surface area contributed by atoms with Gasteiger partial charge in [0.25, 0.3) is 0 Å². The van der Waals surface area contributed by atoms with Crippen LogP contribution in [0.4, 0.5) is 0 Å². The van der Waals surface area contributed by atoms with Gasteiger partial charge < -0.3 is 10.6 Å². The van der Waals surface area contributed by atoms with Gasteiger partial charge in [-0.15, -0.1) is 11.3 Å². The number of thiophene rings is 1. The fraction of sp³-hybridized carbons (Fsp3) is 0.438. The van der Waals surface area contributed by atoms with Crippen molar-refractivity contribution < 1.29 is 4.79 Å². The molecular weight excluding hydrogens is 304 g/mol. The molecule has 1 saturated heterocycles. The molecular formula is C16H19ClN2OS. The quantitative estimate of drug-likeness (QED) is 0.921. The van der Waals surface area contributed by atoms with E-state index in [1.807, 2.05) is 23.1 Å². The summed E-state index contributed by atoms with van der Waals surface area (Å²) in [5.41, 5.74) is 7.07. The van der Waals surface area contributed by atoms with Crippen LogP contribution in [0.15, 0.2) is 18.2 Å². The van der Waals surface area contributed by atoms with Crippen LogP contribution in [-0.2, 0) is 11.2 Å². The Morgan fingerprint density at radius 2 is 2.14 bits per heavy atom. The molecule has 0 aliphatic carbocycles. The van der Waals surface area contributed by atoms with Crippen molar-refractivity contribution in [2.24, 2.45) is 5.73 Å². The van der Waals surface area contributed by atoms with Gasteiger partial charge in [-0.3, -0.25) is 4.79 Å². The number of rotatable bonds is 2. The highest BCUT2D eigenvalue weighted by Crippen LogP contribution is 2.33. The van der Waals surface area contributed by atoms with E-state index < -0.39 is 0 Å². The summed E-state index contributed by atoms with van der Waals surface area (Å²) < 4.78 is 1.19. The molecule has 0 bridgehead atoms. The number of aryl methyl sites for hydroxylation is 1. The number of piperidine rings is 1. The second-order valence-corrected chi connectivity index (χ2v) is 7.26. The van der Waals surface area contributed by atoms with E-state index in [1.54, 1.807) is 11.3 Å². The number of nitrogens with zero attached hydrogens (tertiary/aromatic N) is 1. The van der Waals surface area contributed by atoms with E-state index >= 15 is 0 Å². The maximum atomic E-state index is 12.4. The minimum absolute atomic E-state index is 0.211. The molecule has 2 N–H and O–H groups in total. The first-order valence-electron chi connectivity index (χ1n) is 7.25. The normalized spacial score (nSPS) is 16.6. The molecule has 0 unspecified atom stereocenters. The number of likely N-dealkylation sites (tertiary alicyclic amines) is 1. The third kappa shape index (κ3) is 3.07. The predicted octanol–water partition coefficient (Wildman–Crippen LogP) is 3.36. The molecule has 1 aromatic carbocycles. The molecule has 0 atom stereocenters. The Bertz CT molecular complexity index is 674. The van der Waals surface area contributed by atoms with Crippen molar-refractivity contribution in [1.82, 2.24) is 4.90 Å². The molecule has 0 radical (unpaired) electrons. The standard InChI is InChI=1S/C16H19ClN2OS/c1-10-13-8-11(17)2-3-14(13)21-15(10)9-16(20)19-6-4-12(18)5-7-19/h2-3,8,12H,4-7,9,18H2,1H3. The second-order valence-electron chi connectivity index (χ2n) is 5.69. The summed E-state index contributed by atoms with van der Waals surface area (Å²) in [5, 5.41) is 1.90. The number of hydrogen-bond acceptors (Lipinski definition) is 3. The van der Waals surface area contributed by atoms with Crippen molar-refractivity contribution in [1.29, 1.82) is 0 Å². The summed E-state index contributed by atoms with van der Waals surface area (Å²) in [6.07, 6.45) is 2.30. The molecule has 1 aliphatic heterocycles. The highest BCUT2D eigenvalue weighted by Gasteiger charge is 2.22. The van der Waals surface area contributed by atoms with Crippen LogP contribution in [0.2, 0.25) is 5.02 Å². The second kappa shape index (κ2) is 5.95. The molecule has 2 heterocycles.